The molecule has 0 aliphatic heterocycles. The number of halogens is 2. The predicted octanol–water partition coefficient (Wildman–Crippen LogP) is 3.23. The van der Waals surface area contributed by atoms with Gasteiger partial charge in [-0.25, -0.2) is 18.7 Å². The van der Waals surface area contributed by atoms with Gasteiger partial charge in [0.05, 0.1) is 11.0 Å². The van der Waals surface area contributed by atoms with Crippen molar-refractivity contribution >= 4 is 28.4 Å². The van der Waals surface area contributed by atoms with Crippen molar-refractivity contribution in [1.29, 1.82) is 0 Å². The fourth-order valence-electron chi connectivity index (χ4n) is 1.87. The summed E-state index contributed by atoms with van der Waals surface area (Å²) in [7, 11) is 0. The van der Waals surface area contributed by atoms with E-state index in [0.29, 0.717) is 11.0 Å². The van der Waals surface area contributed by atoms with E-state index in [1.807, 2.05) is 12.1 Å². The Morgan fingerprint density at radius 2 is 1.50 bits per heavy atom. The molecule has 0 fully saturated rings. The van der Waals surface area contributed by atoms with Crippen molar-refractivity contribution in [3.63, 3.8) is 0 Å². The van der Waals surface area contributed by atoms with Crippen LogP contribution in [-0.4, -0.2) is 9.97 Å². The predicted molar refractivity (Wildman–Crippen MR) is 73.6 cm³/mol. The smallest absolute Gasteiger partial charge is 0.174 e. The van der Waals surface area contributed by atoms with Gasteiger partial charge in [0.1, 0.15) is 11.6 Å². The number of benzene rings is 2. The van der Waals surface area contributed by atoms with Crippen molar-refractivity contribution in [2.45, 2.75) is 0 Å². The Balaban J connectivity index is 2.03. The highest BCUT2D eigenvalue weighted by molar-refractivity contribution is 5.80. The molecule has 3 rings (SSSR count). The molecule has 0 atom stereocenters. The number of nitrogens with zero attached hydrogens (tertiary/aromatic N) is 2. The van der Waals surface area contributed by atoms with Crippen LogP contribution in [0.5, 0.6) is 0 Å². The highest BCUT2D eigenvalue weighted by atomic mass is 19.1. The minimum absolute atomic E-state index is 0.161. The lowest BCUT2D eigenvalue weighted by molar-refractivity contribution is 0.584. The van der Waals surface area contributed by atoms with Crippen LogP contribution in [0, 0.1) is 11.6 Å². The summed E-state index contributed by atoms with van der Waals surface area (Å²) in [6.45, 7) is 0. The van der Waals surface area contributed by atoms with Crippen LogP contribution in [0.25, 0.3) is 11.0 Å². The Labute approximate surface area is 113 Å². The first-order valence-electron chi connectivity index (χ1n) is 5.87. The Hall–Kier alpha value is -2.76. The Kier molecular flexibility index (Phi) is 2.90. The number of anilines is 3. The number of rotatable bonds is 2. The minimum Gasteiger partial charge on any atom is -0.381 e. The third kappa shape index (κ3) is 2.35. The number of para-hydroxylation sites is 2. The summed E-state index contributed by atoms with van der Waals surface area (Å²) in [6, 6.07) is 10.3. The van der Waals surface area contributed by atoms with Crippen molar-refractivity contribution < 1.29 is 8.78 Å². The summed E-state index contributed by atoms with van der Waals surface area (Å²) >= 11 is 0. The van der Waals surface area contributed by atoms with Gasteiger partial charge in [-0.15, -0.1) is 0 Å². The lowest BCUT2D eigenvalue weighted by atomic mass is 10.3. The zero-order valence-corrected chi connectivity index (χ0v) is 10.3. The number of hydrogen-bond donors (Lipinski definition) is 2. The third-order valence-electron chi connectivity index (χ3n) is 2.72. The molecule has 100 valence electrons. The van der Waals surface area contributed by atoms with Crippen LogP contribution in [0.1, 0.15) is 0 Å². The summed E-state index contributed by atoms with van der Waals surface area (Å²) in [5, 5.41) is 2.77. The van der Waals surface area contributed by atoms with E-state index in [0.717, 1.165) is 18.2 Å². The highest BCUT2D eigenvalue weighted by Crippen LogP contribution is 2.23. The quantitative estimate of drug-likeness (QED) is 0.751. The van der Waals surface area contributed by atoms with Crippen molar-refractivity contribution in [1.82, 2.24) is 9.97 Å². The lowest BCUT2D eigenvalue weighted by Crippen LogP contribution is -2.02. The molecule has 6 heteroatoms. The summed E-state index contributed by atoms with van der Waals surface area (Å²) in [4.78, 5) is 8.47. The minimum atomic E-state index is -0.681. The van der Waals surface area contributed by atoms with Gasteiger partial charge in [0, 0.05) is 11.8 Å². The fourth-order valence-corrected chi connectivity index (χ4v) is 1.87. The van der Waals surface area contributed by atoms with Crippen LogP contribution < -0.4 is 11.1 Å². The first-order valence-corrected chi connectivity index (χ1v) is 5.87. The molecule has 0 unspecified atom stereocenters. The molecule has 0 aliphatic carbocycles. The SMILES string of the molecule is Nc1nc2ccccc2nc1Nc1cc(F)cc(F)c1. The van der Waals surface area contributed by atoms with Crippen LogP contribution in [0.2, 0.25) is 0 Å². The van der Waals surface area contributed by atoms with E-state index in [9.17, 15) is 8.78 Å². The largest absolute Gasteiger partial charge is 0.381 e. The molecule has 0 saturated carbocycles. The maximum Gasteiger partial charge on any atom is 0.174 e. The van der Waals surface area contributed by atoms with E-state index < -0.39 is 11.6 Å². The highest BCUT2D eigenvalue weighted by Gasteiger charge is 2.07. The number of nitrogens with one attached hydrogen (secondary N) is 1. The average Bonchev–Trinajstić information content (AvgIpc) is 2.38. The number of nitrogen functional groups attached to an aromatic ring is 1. The summed E-state index contributed by atoms with van der Waals surface area (Å²) in [5.74, 6) is -0.943. The molecular weight excluding hydrogens is 262 g/mol. The Morgan fingerprint density at radius 3 is 2.15 bits per heavy atom. The Morgan fingerprint density at radius 1 is 0.900 bits per heavy atom. The zero-order chi connectivity index (χ0) is 14.1. The molecule has 1 heterocycles. The van der Waals surface area contributed by atoms with Gasteiger partial charge in [-0.1, -0.05) is 12.1 Å². The molecule has 0 bridgehead atoms. The fraction of sp³-hybridized carbons (Fsp3) is 0. The number of hydrogen-bond acceptors (Lipinski definition) is 4. The number of fused-ring (bicyclic) bond motifs is 1. The van der Waals surface area contributed by atoms with Crippen LogP contribution >= 0.6 is 0 Å². The molecule has 0 amide bonds. The second-order valence-corrected chi connectivity index (χ2v) is 4.23. The van der Waals surface area contributed by atoms with Crippen LogP contribution in [0.4, 0.5) is 26.1 Å². The van der Waals surface area contributed by atoms with E-state index in [4.69, 9.17) is 5.73 Å². The van der Waals surface area contributed by atoms with E-state index in [1.165, 1.54) is 0 Å². The maximum absolute atomic E-state index is 13.1. The maximum atomic E-state index is 13.1. The monoisotopic (exact) mass is 272 g/mol. The third-order valence-corrected chi connectivity index (χ3v) is 2.72. The van der Waals surface area contributed by atoms with Gasteiger partial charge in [0.25, 0.3) is 0 Å². The van der Waals surface area contributed by atoms with E-state index in [2.05, 4.69) is 15.3 Å². The molecule has 0 radical (unpaired) electrons. The van der Waals surface area contributed by atoms with Gasteiger partial charge in [0.2, 0.25) is 0 Å². The van der Waals surface area contributed by atoms with Gasteiger partial charge in [-0.05, 0) is 24.3 Å². The molecule has 3 N–H and O–H groups in total. The van der Waals surface area contributed by atoms with Crippen molar-refractivity contribution in [2.75, 3.05) is 11.1 Å². The summed E-state index contributed by atoms with van der Waals surface area (Å²) < 4.78 is 26.3. The van der Waals surface area contributed by atoms with E-state index in [1.54, 1.807) is 12.1 Å². The first kappa shape index (κ1) is 12.3. The zero-order valence-electron chi connectivity index (χ0n) is 10.3. The van der Waals surface area contributed by atoms with Gasteiger partial charge in [-0.2, -0.15) is 0 Å². The summed E-state index contributed by atoms with van der Waals surface area (Å²) in [5.41, 5.74) is 7.30. The van der Waals surface area contributed by atoms with Gasteiger partial charge in [-0.3, -0.25) is 0 Å². The molecular formula is C14H10F2N4. The second-order valence-electron chi connectivity index (χ2n) is 4.23. The van der Waals surface area contributed by atoms with Crippen molar-refractivity contribution in [3.8, 4) is 0 Å². The molecule has 1 aromatic heterocycles. The molecule has 0 aliphatic rings. The molecule has 20 heavy (non-hydrogen) atoms. The molecule has 4 nitrogen and oxygen atoms in total. The van der Waals surface area contributed by atoms with Gasteiger partial charge >= 0.3 is 0 Å². The van der Waals surface area contributed by atoms with Crippen LogP contribution in [0.3, 0.4) is 0 Å². The first-order chi connectivity index (χ1) is 9.61. The van der Waals surface area contributed by atoms with Gasteiger partial charge < -0.3 is 11.1 Å². The van der Waals surface area contributed by atoms with Crippen molar-refractivity contribution in [2.24, 2.45) is 0 Å². The summed E-state index contributed by atoms with van der Waals surface area (Å²) in [6.07, 6.45) is 0. The Bertz CT molecular complexity index is 769. The molecule has 0 spiro atoms. The van der Waals surface area contributed by atoms with Gasteiger partial charge in [0.15, 0.2) is 11.6 Å². The average molecular weight is 272 g/mol. The lowest BCUT2D eigenvalue weighted by Gasteiger charge is -2.09. The standard InChI is InChI=1S/C14H10F2N4/c15-8-5-9(16)7-10(6-8)18-14-13(17)19-11-3-1-2-4-12(11)20-14/h1-7H,(H2,17,19)(H,18,20). The molecule has 2 aromatic carbocycles. The van der Waals surface area contributed by atoms with Crippen molar-refractivity contribution in [3.05, 3.63) is 54.1 Å². The normalized spacial score (nSPS) is 10.7. The van der Waals surface area contributed by atoms with Crippen LogP contribution in [-0.2, 0) is 0 Å². The molecule has 0 saturated heterocycles. The number of aromatic nitrogens is 2. The van der Waals surface area contributed by atoms with Crippen LogP contribution in [0.15, 0.2) is 42.5 Å². The second kappa shape index (κ2) is 4.73. The molecule has 3 aromatic rings. The number of nitrogens with two attached hydrogens (primary N) is 1. The van der Waals surface area contributed by atoms with E-state index >= 15 is 0 Å². The van der Waals surface area contributed by atoms with E-state index in [-0.39, 0.29) is 17.3 Å². The topological polar surface area (TPSA) is 63.8 Å².